The second-order valence-electron chi connectivity index (χ2n) is 4.78. The summed E-state index contributed by atoms with van der Waals surface area (Å²) in [6.45, 7) is 6.52. The summed E-state index contributed by atoms with van der Waals surface area (Å²) >= 11 is 0. The topological polar surface area (TPSA) is 55.4 Å². The minimum absolute atomic E-state index is 0.332. The number of nitrogen functional groups attached to an aromatic ring is 1. The van der Waals surface area contributed by atoms with E-state index in [2.05, 4.69) is 25.9 Å². The van der Waals surface area contributed by atoms with Crippen LogP contribution in [0.4, 0.5) is 11.4 Å². The van der Waals surface area contributed by atoms with Crippen molar-refractivity contribution in [2.24, 2.45) is 11.1 Å². The lowest BCUT2D eigenvalue weighted by Crippen LogP contribution is -1.98. The quantitative estimate of drug-likeness (QED) is 0.597. The summed E-state index contributed by atoms with van der Waals surface area (Å²) in [6, 6.07) is 5.28. The molecule has 0 aliphatic carbocycles. The second kappa shape index (κ2) is 5.64. The van der Waals surface area contributed by atoms with Gasteiger partial charge in [-0.05, 0) is 47.2 Å². The molecule has 0 bridgehead atoms. The number of nitroso groups, excluding NO2 is 1. The van der Waals surface area contributed by atoms with Crippen molar-refractivity contribution in [3.05, 3.63) is 28.7 Å². The van der Waals surface area contributed by atoms with Gasteiger partial charge >= 0.3 is 0 Å². The highest BCUT2D eigenvalue weighted by Gasteiger charge is 2.12. The third kappa shape index (κ3) is 3.33. The fourth-order valence-corrected chi connectivity index (χ4v) is 1.79. The van der Waals surface area contributed by atoms with E-state index < -0.39 is 0 Å². The standard InChI is InChI=1S/C13H20N2O/c1-9(2)4-5-10(3)12-8-11(14)6-7-13(12)15-16/h6-10H,4-5,14H2,1-3H3. The van der Waals surface area contributed by atoms with Crippen LogP contribution in [-0.4, -0.2) is 0 Å². The van der Waals surface area contributed by atoms with Gasteiger partial charge in [0.2, 0.25) is 0 Å². The summed E-state index contributed by atoms with van der Waals surface area (Å²) in [7, 11) is 0. The molecule has 2 N–H and O–H groups in total. The minimum atomic E-state index is 0.332. The van der Waals surface area contributed by atoms with Gasteiger partial charge in [0.15, 0.2) is 0 Å². The van der Waals surface area contributed by atoms with E-state index >= 15 is 0 Å². The molecule has 88 valence electrons. The summed E-state index contributed by atoms with van der Waals surface area (Å²) < 4.78 is 0. The van der Waals surface area contributed by atoms with Gasteiger partial charge < -0.3 is 5.73 Å². The Kier molecular flexibility index (Phi) is 4.47. The molecule has 0 saturated heterocycles. The highest BCUT2D eigenvalue weighted by Crippen LogP contribution is 2.32. The maximum absolute atomic E-state index is 10.7. The maximum Gasteiger partial charge on any atom is 0.111 e. The predicted octanol–water partition coefficient (Wildman–Crippen LogP) is 4.21. The molecular formula is C13H20N2O. The van der Waals surface area contributed by atoms with Gasteiger partial charge in [0.05, 0.1) is 0 Å². The third-order valence-electron chi connectivity index (χ3n) is 2.86. The third-order valence-corrected chi connectivity index (χ3v) is 2.86. The van der Waals surface area contributed by atoms with Gasteiger partial charge in [-0.3, -0.25) is 0 Å². The molecule has 0 amide bonds. The van der Waals surface area contributed by atoms with Crippen LogP contribution >= 0.6 is 0 Å². The van der Waals surface area contributed by atoms with E-state index in [1.54, 1.807) is 12.1 Å². The molecule has 3 heteroatoms. The van der Waals surface area contributed by atoms with Crippen molar-refractivity contribution < 1.29 is 0 Å². The lowest BCUT2D eigenvalue weighted by atomic mass is 9.91. The van der Waals surface area contributed by atoms with Gasteiger partial charge in [-0.25, -0.2) is 0 Å². The number of benzene rings is 1. The second-order valence-corrected chi connectivity index (χ2v) is 4.78. The van der Waals surface area contributed by atoms with Crippen LogP contribution in [0.25, 0.3) is 0 Å². The average Bonchev–Trinajstić information content (AvgIpc) is 2.25. The van der Waals surface area contributed by atoms with E-state index in [-0.39, 0.29) is 0 Å². The summed E-state index contributed by atoms with van der Waals surface area (Å²) in [5.74, 6) is 1.01. The number of hydrogen-bond donors (Lipinski definition) is 1. The van der Waals surface area contributed by atoms with E-state index in [1.807, 2.05) is 6.07 Å². The number of nitrogens with zero attached hydrogens (tertiary/aromatic N) is 1. The van der Waals surface area contributed by atoms with Gasteiger partial charge in [0.1, 0.15) is 5.69 Å². The summed E-state index contributed by atoms with van der Waals surface area (Å²) in [5, 5.41) is 3.05. The molecule has 0 saturated carbocycles. The Morgan fingerprint density at radius 1 is 1.25 bits per heavy atom. The first kappa shape index (κ1) is 12.7. The Morgan fingerprint density at radius 2 is 1.94 bits per heavy atom. The van der Waals surface area contributed by atoms with Gasteiger partial charge in [-0.1, -0.05) is 27.2 Å². The van der Waals surface area contributed by atoms with Crippen LogP contribution in [-0.2, 0) is 0 Å². The molecule has 1 aromatic rings. The monoisotopic (exact) mass is 220 g/mol. The Bertz CT molecular complexity index is 361. The smallest absolute Gasteiger partial charge is 0.111 e. The van der Waals surface area contributed by atoms with E-state index in [0.717, 1.165) is 18.4 Å². The summed E-state index contributed by atoms with van der Waals surface area (Å²) in [4.78, 5) is 10.7. The Labute approximate surface area is 97.0 Å². The highest BCUT2D eigenvalue weighted by atomic mass is 16.3. The van der Waals surface area contributed by atoms with Crippen molar-refractivity contribution in [3.8, 4) is 0 Å². The molecule has 0 aromatic heterocycles. The predicted molar refractivity (Wildman–Crippen MR) is 68.8 cm³/mol. The first-order chi connectivity index (χ1) is 7.54. The molecule has 0 radical (unpaired) electrons. The molecule has 0 spiro atoms. The number of rotatable bonds is 5. The minimum Gasteiger partial charge on any atom is -0.399 e. The zero-order chi connectivity index (χ0) is 12.1. The number of anilines is 1. The van der Waals surface area contributed by atoms with Crippen molar-refractivity contribution >= 4 is 11.4 Å². The van der Waals surface area contributed by atoms with Crippen molar-refractivity contribution in [1.82, 2.24) is 0 Å². The van der Waals surface area contributed by atoms with Gasteiger partial charge in [0.25, 0.3) is 0 Å². The molecular weight excluding hydrogens is 200 g/mol. The zero-order valence-electron chi connectivity index (χ0n) is 10.2. The first-order valence-electron chi connectivity index (χ1n) is 5.77. The van der Waals surface area contributed by atoms with Crippen molar-refractivity contribution in [2.75, 3.05) is 5.73 Å². The lowest BCUT2D eigenvalue weighted by molar-refractivity contribution is 0.517. The Hall–Kier alpha value is -1.38. The molecule has 0 fully saturated rings. The molecule has 1 unspecified atom stereocenters. The van der Waals surface area contributed by atoms with Crippen molar-refractivity contribution in [2.45, 2.75) is 39.5 Å². The molecule has 0 aliphatic rings. The van der Waals surface area contributed by atoms with Crippen LogP contribution in [0.2, 0.25) is 0 Å². The van der Waals surface area contributed by atoms with Crippen LogP contribution in [0.5, 0.6) is 0 Å². The molecule has 3 nitrogen and oxygen atoms in total. The fraction of sp³-hybridized carbons (Fsp3) is 0.538. The van der Waals surface area contributed by atoms with E-state index in [9.17, 15) is 4.91 Å². The molecule has 0 aliphatic heterocycles. The van der Waals surface area contributed by atoms with Crippen LogP contribution in [0.3, 0.4) is 0 Å². The van der Waals surface area contributed by atoms with Crippen LogP contribution in [0.1, 0.15) is 45.1 Å². The zero-order valence-corrected chi connectivity index (χ0v) is 10.2. The summed E-state index contributed by atoms with van der Waals surface area (Å²) in [5.41, 5.74) is 7.91. The van der Waals surface area contributed by atoms with Crippen LogP contribution in [0.15, 0.2) is 23.4 Å². The first-order valence-corrected chi connectivity index (χ1v) is 5.77. The lowest BCUT2D eigenvalue weighted by Gasteiger charge is -2.15. The fourth-order valence-electron chi connectivity index (χ4n) is 1.79. The molecule has 0 heterocycles. The van der Waals surface area contributed by atoms with E-state index in [4.69, 9.17) is 5.73 Å². The Balaban J connectivity index is 2.84. The molecule has 1 atom stereocenters. The highest BCUT2D eigenvalue weighted by molar-refractivity contribution is 5.55. The van der Waals surface area contributed by atoms with Crippen LogP contribution < -0.4 is 5.73 Å². The molecule has 1 aromatic carbocycles. The largest absolute Gasteiger partial charge is 0.399 e. The maximum atomic E-state index is 10.7. The van der Waals surface area contributed by atoms with Crippen molar-refractivity contribution in [1.29, 1.82) is 0 Å². The van der Waals surface area contributed by atoms with Crippen molar-refractivity contribution in [3.63, 3.8) is 0 Å². The van der Waals surface area contributed by atoms with E-state index in [0.29, 0.717) is 23.2 Å². The molecule has 16 heavy (non-hydrogen) atoms. The number of hydrogen-bond acceptors (Lipinski definition) is 3. The van der Waals surface area contributed by atoms with Gasteiger partial charge in [0, 0.05) is 5.69 Å². The SMILES string of the molecule is CC(C)CCC(C)c1cc(N)ccc1N=O. The van der Waals surface area contributed by atoms with Gasteiger partial charge in [-0.2, -0.15) is 0 Å². The Morgan fingerprint density at radius 3 is 2.50 bits per heavy atom. The van der Waals surface area contributed by atoms with E-state index in [1.165, 1.54) is 0 Å². The molecule has 1 rings (SSSR count). The van der Waals surface area contributed by atoms with Crippen LogP contribution in [0, 0.1) is 10.8 Å². The summed E-state index contributed by atoms with van der Waals surface area (Å²) in [6.07, 6.45) is 2.21. The number of nitrogens with two attached hydrogens (primary N) is 1. The normalized spacial score (nSPS) is 12.8. The average molecular weight is 220 g/mol. The van der Waals surface area contributed by atoms with Gasteiger partial charge in [-0.15, -0.1) is 4.91 Å².